The van der Waals surface area contributed by atoms with Crippen molar-refractivity contribution in [2.45, 2.75) is 19.9 Å². The van der Waals surface area contributed by atoms with Crippen molar-refractivity contribution in [2.24, 2.45) is 0 Å². The Bertz CT molecular complexity index is 753. The second-order valence-electron chi connectivity index (χ2n) is 5.40. The summed E-state index contributed by atoms with van der Waals surface area (Å²) in [4.78, 5) is 5.81. The first kappa shape index (κ1) is 11.7. The third-order valence-electron chi connectivity index (χ3n) is 4.30. The summed E-state index contributed by atoms with van der Waals surface area (Å²) in [5, 5.41) is 9.07. The van der Waals surface area contributed by atoms with Gasteiger partial charge in [0.25, 0.3) is 0 Å². The second-order valence-corrected chi connectivity index (χ2v) is 5.40. The number of hydrogen-bond donors (Lipinski definition) is 2. The molecule has 3 heterocycles. The Balaban J connectivity index is 1.85. The zero-order valence-corrected chi connectivity index (χ0v) is 11.6. The lowest BCUT2D eigenvalue weighted by molar-refractivity contribution is 0.267. The van der Waals surface area contributed by atoms with E-state index in [-0.39, 0.29) is 0 Å². The largest absolute Gasteiger partial charge is 0.360 e. The minimum Gasteiger partial charge on any atom is -0.360 e. The lowest BCUT2D eigenvalue weighted by atomic mass is 10.0. The van der Waals surface area contributed by atoms with E-state index in [2.05, 4.69) is 57.5 Å². The first-order valence-electron chi connectivity index (χ1n) is 7.21. The molecule has 0 saturated heterocycles. The van der Waals surface area contributed by atoms with E-state index >= 15 is 0 Å². The average molecular weight is 266 g/mol. The van der Waals surface area contributed by atoms with Crippen LogP contribution in [0.25, 0.3) is 22.2 Å². The topological polar surface area (TPSA) is 47.7 Å². The minimum absolute atomic E-state index is 0.997. The monoisotopic (exact) mass is 266 g/mol. The minimum atomic E-state index is 0.997. The molecule has 0 bridgehead atoms. The number of rotatable bonds is 2. The van der Waals surface area contributed by atoms with Gasteiger partial charge in [-0.2, -0.15) is 5.10 Å². The average Bonchev–Trinajstić information content (AvgIpc) is 3.09. The summed E-state index contributed by atoms with van der Waals surface area (Å²) in [6.45, 7) is 5.44. The molecule has 0 atom stereocenters. The molecule has 0 saturated carbocycles. The quantitative estimate of drug-likeness (QED) is 0.749. The Kier molecular flexibility index (Phi) is 2.63. The summed E-state index contributed by atoms with van der Waals surface area (Å²) in [6.07, 6.45) is 3.14. The number of benzene rings is 1. The van der Waals surface area contributed by atoms with Gasteiger partial charge in [0, 0.05) is 53.4 Å². The molecule has 4 heteroatoms. The van der Waals surface area contributed by atoms with Crippen molar-refractivity contribution in [3.05, 3.63) is 41.7 Å². The predicted octanol–water partition coefficient (Wildman–Crippen LogP) is 2.94. The van der Waals surface area contributed by atoms with Crippen molar-refractivity contribution < 1.29 is 0 Å². The van der Waals surface area contributed by atoms with Gasteiger partial charge in [-0.25, -0.2) is 0 Å². The normalized spacial score (nSPS) is 15.7. The number of aromatic nitrogens is 3. The molecule has 0 unspecified atom stereocenters. The highest BCUT2D eigenvalue weighted by Gasteiger charge is 2.23. The van der Waals surface area contributed by atoms with E-state index in [0.717, 1.165) is 31.7 Å². The van der Waals surface area contributed by atoms with Crippen LogP contribution in [0.15, 0.2) is 30.5 Å². The highest BCUT2D eigenvalue weighted by atomic mass is 15.2. The fourth-order valence-corrected chi connectivity index (χ4v) is 3.11. The molecule has 20 heavy (non-hydrogen) atoms. The van der Waals surface area contributed by atoms with Crippen LogP contribution in [0.2, 0.25) is 0 Å². The molecule has 0 radical (unpaired) electrons. The lowest BCUT2D eigenvalue weighted by Gasteiger charge is -2.25. The van der Waals surface area contributed by atoms with Crippen molar-refractivity contribution in [3.8, 4) is 11.3 Å². The molecular formula is C16H18N4. The summed E-state index contributed by atoms with van der Waals surface area (Å²) in [5.74, 6) is 0. The van der Waals surface area contributed by atoms with Crippen LogP contribution in [-0.2, 0) is 13.0 Å². The molecule has 1 aliphatic rings. The molecule has 1 aromatic carbocycles. The van der Waals surface area contributed by atoms with Crippen LogP contribution < -0.4 is 0 Å². The summed E-state index contributed by atoms with van der Waals surface area (Å²) in [6, 6.07) is 8.40. The second kappa shape index (κ2) is 4.49. The molecule has 2 N–H and O–H groups in total. The van der Waals surface area contributed by atoms with E-state index in [1.165, 1.54) is 27.7 Å². The Morgan fingerprint density at radius 1 is 1.30 bits per heavy atom. The van der Waals surface area contributed by atoms with Crippen molar-refractivity contribution in [1.82, 2.24) is 20.1 Å². The molecule has 4 nitrogen and oxygen atoms in total. The number of nitrogens with zero attached hydrogens (tertiary/aromatic N) is 2. The number of fused-ring (bicyclic) bond motifs is 2. The fourth-order valence-electron chi connectivity index (χ4n) is 3.11. The number of hydrogen-bond acceptors (Lipinski definition) is 2. The van der Waals surface area contributed by atoms with Crippen molar-refractivity contribution in [1.29, 1.82) is 0 Å². The number of aromatic amines is 2. The SMILES string of the molecule is CCN1CCc2[nH]nc(-c3c[nH]c4ccccc34)c2C1. The van der Waals surface area contributed by atoms with Gasteiger partial charge in [-0.05, 0) is 12.6 Å². The Hall–Kier alpha value is -2.07. The van der Waals surface area contributed by atoms with Gasteiger partial charge in [0.15, 0.2) is 0 Å². The Morgan fingerprint density at radius 3 is 3.10 bits per heavy atom. The van der Waals surface area contributed by atoms with Gasteiger partial charge >= 0.3 is 0 Å². The van der Waals surface area contributed by atoms with Crippen LogP contribution in [0.5, 0.6) is 0 Å². The van der Waals surface area contributed by atoms with Crippen LogP contribution in [-0.4, -0.2) is 33.2 Å². The van der Waals surface area contributed by atoms with Crippen LogP contribution in [0.3, 0.4) is 0 Å². The standard InChI is InChI=1S/C16H18N4/c1-2-20-8-7-15-13(10-20)16(19-18-15)12-9-17-14-6-4-3-5-11(12)14/h3-6,9,17H,2,7-8,10H2,1H3,(H,18,19). The summed E-state index contributed by atoms with van der Waals surface area (Å²) < 4.78 is 0. The van der Waals surface area contributed by atoms with Crippen LogP contribution >= 0.6 is 0 Å². The highest BCUT2D eigenvalue weighted by Crippen LogP contribution is 2.32. The maximum atomic E-state index is 4.59. The van der Waals surface area contributed by atoms with Gasteiger partial charge in [-0.15, -0.1) is 0 Å². The van der Waals surface area contributed by atoms with Gasteiger partial charge in [-0.1, -0.05) is 25.1 Å². The van der Waals surface area contributed by atoms with Gasteiger partial charge in [-0.3, -0.25) is 10.00 Å². The Labute approximate surface area is 117 Å². The van der Waals surface area contributed by atoms with Gasteiger partial charge < -0.3 is 4.98 Å². The van der Waals surface area contributed by atoms with Gasteiger partial charge in [0.2, 0.25) is 0 Å². The molecular weight excluding hydrogens is 248 g/mol. The maximum absolute atomic E-state index is 4.59. The zero-order valence-electron chi connectivity index (χ0n) is 11.6. The van der Waals surface area contributed by atoms with Crippen molar-refractivity contribution in [3.63, 3.8) is 0 Å². The predicted molar refractivity (Wildman–Crippen MR) is 80.5 cm³/mol. The number of nitrogens with one attached hydrogen (secondary N) is 2. The number of para-hydroxylation sites is 1. The third kappa shape index (κ3) is 1.68. The maximum Gasteiger partial charge on any atom is 0.0990 e. The molecule has 0 spiro atoms. The van der Waals surface area contributed by atoms with Crippen molar-refractivity contribution >= 4 is 10.9 Å². The fraction of sp³-hybridized carbons (Fsp3) is 0.312. The van der Waals surface area contributed by atoms with Crippen LogP contribution in [0, 0.1) is 0 Å². The van der Waals surface area contributed by atoms with Crippen LogP contribution in [0.1, 0.15) is 18.2 Å². The molecule has 0 amide bonds. The number of likely N-dealkylation sites (N-methyl/N-ethyl adjacent to an activating group) is 1. The van der Waals surface area contributed by atoms with Gasteiger partial charge in [0.1, 0.15) is 0 Å². The van der Waals surface area contributed by atoms with Gasteiger partial charge in [0.05, 0.1) is 5.69 Å². The molecule has 4 rings (SSSR count). The summed E-state index contributed by atoms with van der Waals surface area (Å²) >= 11 is 0. The molecule has 2 aromatic heterocycles. The number of H-pyrrole nitrogens is 2. The van der Waals surface area contributed by atoms with Crippen molar-refractivity contribution in [2.75, 3.05) is 13.1 Å². The first-order chi connectivity index (χ1) is 9.86. The van der Waals surface area contributed by atoms with E-state index in [1.54, 1.807) is 0 Å². The third-order valence-corrected chi connectivity index (χ3v) is 4.30. The molecule has 1 aliphatic heterocycles. The Morgan fingerprint density at radius 2 is 2.20 bits per heavy atom. The molecule has 0 fully saturated rings. The van der Waals surface area contributed by atoms with E-state index in [1.807, 2.05) is 0 Å². The molecule has 0 aliphatic carbocycles. The van der Waals surface area contributed by atoms with E-state index in [0.29, 0.717) is 0 Å². The molecule has 102 valence electrons. The van der Waals surface area contributed by atoms with Crippen LogP contribution in [0.4, 0.5) is 0 Å². The summed E-state index contributed by atoms with van der Waals surface area (Å²) in [7, 11) is 0. The zero-order chi connectivity index (χ0) is 13.5. The highest BCUT2D eigenvalue weighted by molar-refractivity contribution is 5.95. The smallest absolute Gasteiger partial charge is 0.0990 e. The van der Waals surface area contributed by atoms with E-state index < -0.39 is 0 Å². The lowest BCUT2D eigenvalue weighted by Crippen LogP contribution is -2.30. The first-order valence-corrected chi connectivity index (χ1v) is 7.21. The van der Waals surface area contributed by atoms with E-state index in [4.69, 9.17) is 0 Å². The van der Waals surface area contributed by atoms with E-state index in [9.17, 15) is 0 Å². The summed E-state index contributed by atoms with van der Waals surface area (Å²) in [5.41, 5.74) is 6.15. The molecule has 3 aromatic rings.